The molecule has 6 rings (SSSR count). The molecule has 2 aromatic heterocycles. The molecule has 0 bridgehead atoms. The molecule has 19 heteroatoms. The van der Waals surface area contributed by atoms with E-state index in [-0.39, 0.29) is 74.8 Å². The maximum Gasteiger partial charge on any atom is 0.344 e. The van der Waals surface area contributed by atoms with Gasteiger partial charge in [-0.25, -0.2) is 19.4 Å². The molecule has 0 aliphatic carbocycles. The minimum absolute atomic E-state index is 0.00200. The Kier molecular flexibility index (Phi) is 13.4. The van der Waals surface area contributed by atoms with Gasteiger partial charge in [0.15, 0.2) is 17.2 Å². The fourth-order valence-corrected chi connectivity index (χ4v) is 6.20. The normalized spacial score (nSPS) is 15.8. The van der Waals surface area contributed by atoms with Crippen molar-refractivity contribution in [2.45, 2.75) is 38.4 Å². The zero-order valence-corrected chi connectivity index (χ0v) is 33.0. The van der Waals surface area contributed by atoms with E-state index in [1.807, 2.05) is 30.3 Å². The number of carbonyl (C=O) groups excluding carboxylic acids is 4. The van der Waals surface area contributed by atoms with Gasteiger partial charge in [-0.3, -0.25) is 19.0 Å². The average molecular weight is 848 g/mol. The second kappa shape index (κ2) is 18.8. The molecule has 0 saturated carbocycles. The molecule has 0 amide bonds. The van der Waals surface area contributed by atoms with Crippen LogP contribution in [0.5, 0.6) is 28.9 Å². The molecular weight excluding hydrogens is 813 g/mol. The molecule has 0 spiro atoms. The van der Waals surface area contributed by atoms with Crippen molar-refractivity contribution in [1.29, 1.82) is 0 Å². The van der Waals surface area contributed by atoms with Crippen LogP contribution in [0.2, 0.25) is 5.02 Å². The zero-order valence-electron chi connectivity index (χ0n) is 32.2. The lowest BCUT2D eigenvalue weighted by Gasteiger charge is -2.18. The van der Waals surface area contributed by atoms with Gasteiger partial charge in [-0.05, 0) is 35.9 Å². The van der Waals surface area contributed by atoms with Gasteiger partial charge in [-0.1, -0.05) is 48.0 Å². The first-order chi connectivity index (χ1) is 28.8. The highest BCUT2D eigenvalue weighted by Crippen LogP contribution is 2.39. The third-order valence-corrected chi connectivity index (χ3v) is 9.25. The summed E-state index contributed by atoms with van der Waals surface area (Å²) in [5, 5.41) is -0.118. The lowest BCUT2D eigenvalue weighted by atomic mass is 10.1. The van der Waals surface area contributed by atoms with E-state index in [9.17, 15) is 28.8 Å². The minimum atomic E-state index is -1.56. The first kappa shape index (κ1) is 42.7. The number of methoxy groups -OCH3 is 3. The fourth-order valence-electron chi connectivity index (χ4n) is 6.06. The number of carbonyl (C=O) groups is 4. The second-order valence-corrected chi connectivity index (χ2v) is 13.2. The van der Waals surface area contributed by atoms with E-state index in [0.29, 0.717) is 6.20 Å². The highest BCUT2D eigenvalue weighted by atomic mass is 35.5. The molecule has 17 nitrogen and oxygen atoms in total. The van der Waals surface area contributed by atoms with E-state index in [4.69, 9.17) is 49.5 Å². The maximum absolute atomic E-state index is 15.2. The van der Waals surface area contributed by atoms with Crippen LogP contribution in [-0.4, -0.2) is 78.1 Å². The average Bonchev–Trinajstić information content (AvgIpc) is 3.66. The lowest BCUT2D eigenvalue weighted by Crippen LogP contribution is -2.46. The molecule has 1 aliphatic heterocycles. The van der Waals surface area contributed by atoms with Crippen molar-refractivity contribution in [1.82, 2.24) is 14.1 Å². The van der Waals surface area contributed by atoms with Crippen LogP contribution < -0.4 is 34.9 Å². The van der Waals surface area contributed by atoms with Crippen molar-refractivity contribution in [3.8, 4) is 28.9 Å². The van der Waals surface area contributed by atoms with Crippen LogP contribution >= 0.6 is 11.6 Å². The van der Waals surface area contributed by atoms with Crippen molar-refractivity contribution in [2.75, 3.05) is 27.9 Å². The third-order valence-electron chi connectivity index (χ3n) is 8.96. The summed E-state index contributed by atoms with van der Waals surface area (Å²) in [6.07, 6.45) is -1.25. The molecule has 1 saturated heterocycles. The molecule has 312 valence electrons. The van der Waals surface area contributed by atoms with Gasteiger partial charge in [-0.15, -0.1) is 0 Å². The number of hydrogen-bond donors (Lipinski definition) is 0. The molecule has 60 heavy (non-hydrogen) atoms. The van der Waals surface area contributed by atoms with E-state index in [2.05, 4.69) is 4.98 Å². The van der Waals surface area contributed by atoms with E-state index in [1.54, 1.807) is 0 Å². The number of halogens is 2. The summed E-state index contributed by atoms with van der Waals surface area (Å²) in [5.74, 6) is -5.29. The number of ether oxygens (including phenoxy) is 8. The Morgan fingerprint density at radius 2 is 1.53 bits per heavy atom. The molecule has 5 aromatic rings. The van der Waals surface area contributed by atoms with Gasteiger partial charge >= 0.3 is 23.6 Å². The van der Waals surface area contributed by atoms with Crippen molar-refractivity contribution in [3.63, 3.8) is 0 Å². The van der Waals surface area contributed by atoms with Gasteiger partial charge in [-0.2, -0.15) is 8.96 Å². The van der Waals surface area contributed by atoms with Gasteiger partial charge in [0.1, 0.15) is 24.0 Å². The number of pyridine rings is 1. The van der Waals surface area contributed by atoms with Crippen LogP contribution in [-0.2, 0) is 25.6 Å². The molecule has 3 aromatic carbocycles. The SMILES string of the molecule is COc1cc(C(=O)Oc2cc(OC(=O)c3cccc(C(=O)n4c(=O)c(F)cn([C@H]5C[C@H](OCc6ccccc6)[C@@H](COC(C)=O)O5)c4=O)c3)ncc2Cl)cc(OC)c1OC. The number of esters is 3. The Hall–Kier alpha value is -6.89. The first-order valence-electron chi connectivity index (χ1n) is 17.8. The summed E-state index contributed by atoms with van der Waals surface area (Å²) >= 11 is 6.23. The van der Waals surface area contributed by atoms with Crippen LogP contribution in [0, 0.1) is 5.82 Å². The van der Waals surface area contributed by atoms with E-state index < -0.39 is 59.3 Å². The van der Waals surface area contributed by atoms with Crippen molar-refractivity contribution >= 4 is 35.4 Å². The molecule has 0 N–H and O–H groups in total. The quantitative estimate of drug-likeness (QED) is 0.138. The summed E-state index contributed by atoms with van der Waals surface area (Å²) in [6.45, 7) is 1.09. The van der Waals surface area contributed by atoms with Crippen LogP contribution in [0.4, 0.5) is 4.39 Å². The van der Waals surface area contributed by atoms with Gasteiger partial charge in [0.05, 0.1) is 57.6 Å². The fraction of sp³-hybridized carbons (Fsp3) is 0.244. The molecule has 0 radical (unpaired) electrons. The first-order valence-corrected chi connectivity index (χ1v) is 18.2. The zero-order chi connectivity index (χ0) is 43.1. The number of hydrogen-bond acceptors (Lipinski definition) is 15. The van der Waals surface area contributed by atoms with Crippen LogP contribution in [0.3, 0.4) is 0 Å². The predicted octanol–water partition coefficient (Wildman–Crippen LogP) is 4.79. The third kappa shape index (κ3) is 9.52. The Labute approximate surface area is 344 Å². The van der Waals surface area contributed by atoms with E-state index >= 15 is 4.39 Å². The molecule has 3 atom stereocenters. The lowest BCUT2D eigenvalue weighted by molar-refractivity contribution is -0.148. The number of benzene rings is 3. The van der Waals surface area contributed by atoms with Gasteiger partial charge in [0, 0.05) is 25.0 Å². The Morgan fingerprint density at radius 3 is 2.20 bits per heavy atom. The van der Waals surface area contributed by atoms with Gasteiger partial charge in [0.25, 0.3) is 11.5 Å². The minimum Gasteiger partial charge on any atom is -0.493 e. The molecule has 3 heterocycles. The Bertz CT molecular complexity index is 2540. The maximum atomic E-state index is 15.2. The van der Waals surface area contributed by atoms with E-state index in [1.165, 1.54) is 58.6 Å². The molecule has 1 fully saturated rings. The second-order valence-electron chi connectivity index (χ2n) is 12.8. The summed E-state index contributed by atoms with van der Waals surface area (Å²) in [4.78, 5) is 82.4. The van der Waals surface area contributed by atoms with Crippen molar-refractivity contribution in [2.24, 2.45) is 0 Å². The smallest absolute Gasteiger partial charge is 0.344 e. The summed E-state index contributed by atoms with van der Waals surface area (Å²) < 4.78 is 59.8. The predicted molar refractivity (Wildman–Crippen MR) is 207 cm³/mol. The monoisotopic (exact) mass is 847 g/mol. The highest BCUT2D eigenvalue weighted by molar-refractivity contribution is 6.32. The van der Waals surface area contributed by atoms with E-state index in [0.717, 1.165) is 28.5 Å². The molecular formula is C41H35ClFN3O14. The number of rotatable bonds is 14. The largest absolute Gasteiger partial charge is 0.493 e. The number of nitrogens with zero attached hydrogens (tertiary/aromatic N) is 3. The van der Waals surface area contributed by atoms with Crippen molar-refractivity contribution in [3.05, 3.63) is 139 Å². The Balaban J connectivity index is 1.20. The molecule has 1 aliphatic rings. The standard InChI is InChI=1S/C41H35ClFN3O14/c1-22(47)56-21-33-30(57-20-23-9-6-5-7-10-23)17-35(58-33)45-19-28(43)38(49)46(41(45)52)37(48)24-11-8-12-25(13-24)39(50)60-34-16-29(27(42)18-44-34)59-40(51)26-14-31(53-2)36(55-4)32(15-26)54-3/h5-16,18-19,30,33,35H,17,20-21H2,1-4H3/t30-,33+,35+/m0/s1. The summed E-state index contributed by atoms with van der Waals surface area (Å²) in [5.41, 5.74) is -2.60. The number of aromatic nitrogens is 3. The van der Waals surface area contributed by atoms with Crippen LogP contribution in [0.15, 0.2) is 94.8 Å². The van der Waals surface area contributed by atoms with Gasteiger partial charge in [0.2, 0.25) is 17.4 Å². The van der Waals surface area contributed by atoms with Crippen LogP contribution in [0.1, 0.15) is 56.2 Å². The van der Waals surface area contributed by atoms with Crippen molar-refractivity contribution < 1.29 is 61.5 Å². The van der Waals surface area contributed by atoms with Gasteiger partial charge < -0.3 is 37.9 Å². The molecule has 0 unspecified atom stereocenters. The summed E-state index contributed by atoms with van der Waals surface area (Å²) in [7, 11) is 4.13. The highest BCUT2D eigenvalue weighted by Gasteiger charge is 2.39. The summed E-state index contributed by atoms with van der Waals surface area (Å²) in [6, 6.07) is 17.6. The van der Waals surface area contributed by atoms with Crippen LogP contribution in [0.25, 0.3) is 0 Å². The topological polar surface area (TPSA) is 199 Å². The Morgan fingerprint density at radius 1 is 0.850 bits per heavy atom.